The molecule has 2 heterocycles. The van der Waals surface area contributed by atoms with Crippen molar-refractivity contribution in [2.45, 2.75) is 19.4 Å². The van der Waals surface area contributed by atoms with E-state index in [-0.39, 0.29) is 5.91 Å². The molecule has 0 saturated carbocycles. The van der Waals surface area contributed by atoms with E-state index in [1.807, 2.05) is 6.07 Å². The molecule has 0 unspecified atom stereocenters. The van der Waals surface area contributed by atoms with Crippen LogP contribution in [0.25, 0.3) is 10.9 Å². The van der Waals surface area contributed by atoms with Crippen LogP contribution in [-0.4, -0.2) is 62.8 Å². The van der Waals surface area contributed by atoms with Crippen molar-refractivity contribution in [3.8, 4) is 0 Å². The van der Waals surface area contributed by atoms with Crippen LogP contribution in [0, 0.1) is 5.41 Å². The second-order valence-electron chi connectivity index (χ2n) is 7.50. The molecule has 1 aromatic carbocycles. The first kappa shape index (κ1) is 18.9. The third-order valence-corrected chi connectivity index (χ3v) is 5.28. The minimum absolute atomic E-state index is 0.0617. The lowest BCUT2D eigenvalue weighted by molar-refractivity contribution is -0.130. The van der Waals surface area contributed by atoms with Gasteiger partial charge in [0.05, 0.1) is 17.5 Å². The van der Waals surface area contributed by atoms with E-state index >= 15 is 0 Å². The van der Waals surface area contributed by atoms with Gasteiger partial charge in [0.2, 0.25) is 5.91 Å². The number of fused-ring (bicyclic) bond motifs is 1. The minimum Gasteiger partial charge on any atom is -0.384 e. The number of methoxy groups -OCH3 is 1. The Morgan fingerprint density at radius 1 is 1.31 bits per heavy atom. The van der Waals surface area contributed by atoms with Gasteiger partial charge in [-0.3, -0.25) is 4.79 Å². The zero-order chi connectivity index (χ0) is 18.6. The van der Waals surface area contributed by atoms with E-state index in [2.05, 4.69) is 58.6 Å². The number of piperidine rings is 1. The van der Waals surface area contributed by atoms with Gasteiger partial charge in [-0.05, 0) is 63.6 Å². The summed E-state index contributed by atoms with van der Waals surface area (Å²) in [5.74, 6) is 0.0617. The van der Waals surface area contributed by atoms with Crippen LogP contribution in [0.2, 0.25) is 0 Å². The summed E-state index contributed by atoms with van der Waals surface area (Å²) < 4.78 is 7.61. The average Bonchev–Trinajstić information content (AvgIpc) is 3.03. The van der Waals surface area contributed by atoms with Crippen molar-refractivity contribution in [1.29, 1.82) is 0 Å². The summed E-state index contributed by atoms with van der Waals surface area (Å²) in [6.45, 7) is 4.06. The quantitative estimate of drug-likeness (QED) is 0.796. The lowest BCUT2D eigenvalue weighted by Gasteiger charge is -2.35. The fraction of sp³-hybridized carbons (Fsp3) is 0.550. The van der Waals surface area contributed by atoms with Crippen molar-refractivity contribution >= 4 is 22.5 Å². The number of carbonyl (C=O) groups is 1. The summed E-state index contributed by atoms with van der Waals surface area (Å²) in [6, 6.07) is 8.25. The molecule has 6 heteroatoms. The zero-order valence-electron chi connectivity index (χ0n) is 16.0. The Morgan fingerprint density at radius 2 is 2.08 bits per heavy atom. The summed E-state index contributed by atoms with van der Waals surface area (Å²) in [4.78, 5) is 15.2. The number of carbonyl (C=O) groups excluding carboxylic acids is 1. The second kappa shape index (κ2) is 8.20. The summed E-state index contributed by atoms with van der Waals surface area (Å²) >= 11 is 0. The highest BCUT2D eigenvalue weighted by Gasteiger charge is 2.39. The summed E-state index contributed by atoms with van der Waals surface area (Å²) in [7, 11) is 5.82. The Kier molecular flexibility index (Phi) is 5.96. The maximum atomic E-state index is 13.0. The first-order valence-corrected chi connectivity index (χ1v) is 9.29. The molecule has 1 aromatic heterocycles. The van der Waals surface area contributed by atoms with Gasteiger partial charge in [0.1, 0.15) is 0 Å². The van der Waals surface area contributed by atoms with Crippen LogP contribution in [0.5, 0.6) is 0 Å². The Balaban J connectivity index is 1.79. The summed E-state index contributed by atoms with van der Waals surface area (Å²) in [6.07, 6.45) is 3.71. The van der Waals surface area contributed by atoms with Gasteiger partial charge in [0, 0.05) is 32.1 Å². The number of aromatic nitrogens is 1. The van der Waals surface area contributed by atoms with Crippen LogP contribution in [0.1, 0.15) is 12.8 Å². The van der Waals surface area contributed by atoms with Gasteiger partial charge in [0.15, 0.2) is 0 Å². The van der Waals surface area contributed by atoms with E-state index in [1.54, 1.807) is 7.11 Å². The first-order chi connectivity index (χ1) is 12.5. The molecule has 1 saturated heterocycles. The SMILES string of the molecule is COCC1(C(=O)Nc2ccc3ccn(CCN(C)C)c3c2)CCNCC1. The molecule has 26 heavy (non-hydrogen) atoms. The molecule has 3 rings (SSSR count). The van der Waals surface area contributed by atoms with Crippen LogP contribution in [0.3, 0.4) is 0 Å². The van der Waals surface area contributed by atoms with Crippen LogP contribution < -0.4 is 10.6 Å². The van der Waals surface area contributed by atoms with Crippen molar-refractivity contribution in [2.75, 3.05) is 52.8 Å². The maximum absolute atomic E-state index is 13.0. The highest BCUT2D eigenvalue weighted by molar-refractivity contribution is 5.97. The lowest BCUT2D eigenvalue weighted by atomic mass is 9.78. The highest BCUT2D eigenvalue weighted by atomic mass is 16.5. The number of nitrogens with one attached hydrogen (secondary N) is 2. The van der Waals surface area contributed by atoms with Crippen LogP contribution in [0.4, 0.5) is 5.69 Å². The minimum atomic E-state index is -0.443. The average molecular weight is 358 g/mol. The molecule has 6 nitrogen and oxygen atoms in total. The molecule has 142 valence electrons. The number of hydrogen-bond acceptors (Lipinski definition) is 4. The van der Waals surface area contributed by atoms with Gasteiger partial charge >= 0.3 is 0 Å². The predicted molar refractivity (Wildman–Crippen MR) is 106 cm³/mol. The standard InChI is InChI=1S/C20H30N4O2/c1-23(2)12-13-24-11-6-16-4-5-17(14-18(16)24)22-19(25)20(15-26-3)7-9-21-10-8-20/h4-6,11,14,21H,7-10,12-13,15H2,1-3H3,(H,22,25). The number of benzene rings is 1. The maximum Gasteiger partial charge on any atom is 0.233 e. The fourth-order valence-corrected chi connectivity index (χ4v) is 3.65. The Morgan fingerprint density at radius 3 is 2.77 bits per heavy atom. The van der Waals surface area contributed by atoms with Crippen molar-refractivity contribution < 1.29 is 9.53 Å². The van der Waals surface area contributed by atoms with Gasteiger partial charge in [-0.25, -0.2) is 0 Å². The van der Waals surface area contributed by atoms with E-state index in [0.717, 1.165) is 50.2 Å². The molecule has 0 radical (unpaired) electrons. The molecule has 0 spiro atoms. The van der Waals surface area contributed by atoms with Crippen LogP contribution in [-0.2, 0) is 16.1 Å². The van der Waals surface area contributed by atoms with Gasteiger partial charge in [-0.2, -0.15) is 0 Å². The molecule has 1 fully saturated rings. The first-order valence-electron chi connectivity index (χ1n) is 9.29. The fourth-order valence-electron chi connectivity index (χ4n) is 3.65. The second-order valence-corrected chi connectivity index (χ2v) is 7.50. The number of likely N-dealkylation sites (N-methyl/N-ethyl adjacent to an activating group) is 1. The lowest BCUT2D eigenvalue weighted by Crippen LogP contribution is -2.47. The third-order valence-electron chi connectivity index (χ3n) is 5.28. The number of hydrogen-bond donors (Lipinski definition) is 2. The molecule has 1 aliphatic rings. The van der Waals surface area contributed by atoms with E-state index < -0.39 is 5.41 Å². The van der Waals surface area contributed by atoms with Gasteiger partial charge in [-0.15, -0.1) is 0 Å². The Hall–Kier alpha value is -1.89. The number of nitrogens with zero attached hydrogens (tertiary/aromatic N) is 2. The smallest absolute Gasteiger partial charge is 0.233 e. The van der Waals surface area contributed by atoms with Crippen molar-refractivity contribution in [1.82, 2.24) is 14.8 Å². The monoisotopic (exact) mass is 358 g/mol. The largest absolute Gasteiger partial charge is 0.384 e. The van der Waals surface area contributed by atoms with Crippen molar-refractivity contribution in [3.05, 3.63) is 30.5 Å². The molecular weight excluding hydrogens is 328 g/mol. The van der Waals surface area contributed by atoms with Gasteiger partial charge in [-0.1, -0.05) is 6.07 Å². The van der Waals surface area contributed by atoms with Gasteiger partial charge in [0.25, 0.3) is 0 Å². The Labute approximate surface area is 155 Å². The predicted octanol–water partition coefficient (Wildman–Crippen LogP) is 2.16. The number of ether oxygens (including phenoxy) is 1. The molecule has 0 bridgehead atoms. The number of rotatable bonds is 7. The third kappa shape index (κ3) is 4.09. The van der Waals surface area contributed by atoms with Crippen LogP contribution >= 0.6 is 0 Å². The van der Waals surface area contributed by atoms with E-state index in [9.17, 15) is 4.79 Å². The topological polar surface area (TPSA) is 58.5 Å². The molecular formula is C20H30N4O2. The molecule has 2 N–H and O–H groups in total. The molecule has 2 aromatic rings. The van der Waals surface area contributed by atoms with E-state index in [1.165, 1.54) is 5.39 Å². The van der Waals surface area contributed by atoms with E-state index in [4.69, 9.17) is 4.74 Å². The normalized spacial score (nSPS) is 16.9. The van der Waals surface area contributed by atoms with Gasteiger partial charge < -0.3 is 24.8 Å². The summed E-state index contributed by atoms with van der Waals surface area (Å²) in [5, 5.41) is 7.66. The van der Waals surface area contributed by atoms with Crippen molar-refractivity contribution in [2.24, 2.45) is 5.41 Å². The molecule has 0 atom stereocenters. The summed E-state index contributed by atoms with van der Waals surface area (Å²) in [5.41, 5.74) is 1.55. The van der Waals surface area contributed by atoms with E-state index in [0.29, 0.717) is 6.61 Å². The number of anilines is 1. The molecule has 1 aliphatic heterocycles. The van der Waals surface area contributed by atoms with Crippen molar-refractivity contribution in [3.63, 3.8) is 0 Å². The molecule has 1 amide bonds. The molecule has 0 aliphatic carbocycles. The van der Waals surface area contributed by atoms with Crippen LogP contribution in [0.15, 0.2) is 30.5 Å². The number of amides is 1. The highest BCUT2D eigenvalue weighted by Crippen LogP contribution is 2.31. The Bertz CT molecular complexity index is 742. The zero-order valence-corrected chi connectivity index (χ0v) is 16.0.